The summed E-state index contributed by atoms with van der Waals surface area (Å²) in [5, 5.41) is 11.9. The van der Waals surface area contributed by atoms with Crippen molar-refractivity contribution in [1.82, 2.24) is 15.2 Å². The number of benzene rings is 1. The number of aryl methyl sites for hydroxylation is 1. The molecule has 3 rings (SSSR count). The third kappa shape index (κ3) is 4.66. The fourth-order valence-electron chi connectivity index (χ4n) is 2.17. The first-order valence-corrected chi connectivity index (χ1v) is 8.27. The molecule has 5 nitrogen and oxygen atoms in total. The Morgan fingerprint density at radius 2 is 2.08 bits per heavy atom. The van der Waals surface area contributed by atoms with Gasteiger partial charge in [0, 0.05) is 24.7 Å². The molecule has 1 N–H and O–H groups in total. The highest BCUT2D eigenvalue weighted by Crippen LogP contribution is 2.19. The van der Waals surface area contributed by atoms with Gasteiger partial charge in [0.2, 0.25) is 11.0 Å². The molecule has 0 bridgehead atoms. The number of anilines is 1. The number of pyridine rings is 1. The first-order valence-electron chi connectivity index (χ1n) is 7.45. The van der Waals surface area contributed by atoms with Gasteiger partial charge in [0.05, 0.1) is 0 Å². The van der Waals surface area contributed by atoms with Crippen molar-refractivity contribution in [3.8, 4) is 0 Å². The fraction of sp³-hybridized carbons (Fsp3) is 0.176. The van der Waals surface area contributed by atoms with Gasteiger partial charge in [-0.15, -0.1) is 10.2 Å². The molecule has 7 heteroatoms. The van der Waals surface area contributed by atoms with E-state index >= 15 is 0 Å². The summed E-state index contributed by atoms with van der Waals surface area (Å²) in [7, 11) is 0. The molecular formula is C17H15FN4OS. The molecule has 0 atom stereocenters. The molecule has 24 heavy (non-hydrogen) atoms. The summed E-state index contributed by atoms with van der Waals surface area (Å²) < 4.78 is 13.2. The van der Waals surface area contributed by atoms with Crippen LogP contribution in [0.1, 0.15) is 22.7 Å². The molecule has 0 aliphatic heterocycles. The van der Waals surface area contributed by atoms with E-state index in [0.29, 0.717) is 24.4 Å². The van der Waals surface area contributed by atoms with Gasteiger partial charge < -0.3 is 5.32 Å². The highest BCUT2D eigenvalue weighted by atomic mass is 32.1. The van der Waals surface area contributed by atoms with Gasteiger partial charge in [0.25, 0.3) is 0 Å². The van der Waals surface area contributed by atoms with Crippen LogP contribution in [0.5, 0.6) is 0 Å². The standard InChI is InChI=1S/C17H15FN4OS/c18-13-5-3-4-12(10-13)11-16-21-22-17(24-16)20-15(23)8-7-14-6-1-2-9-19-14/h1-6,9-10H,7-8,11H2,(H,20,22,23). The van der Waals surface area contributed by atoms with E-state index in [2.05, 4.69) is 20.5 Å². The Bertz CT molecular complexity index is 822. The average molecular weight is 342 g/mol. The van der Waals surface area contributed by atoms with Gasteiger partial charge in [-0.05, 0) is 36.2 Å². The van der Waals surface area contributed by atoms with E-state index in [1.54, 1.807) is 12.3 Å². The topological polar surface area (TPSA) is 67.8 Å². The minimum Gasteiger partial charge on any atom is -0.301 e. The van der Waals surface area contributed by atoms with Crippen molar-refractivity contribution in [3.05, 3.63) is 70.7 Å². The highest BCUT2D eigenvalue weighted by molar-refractivity contribution is 7.15. The minimum atomic E-state index is -0.278. The summed E-state index contributed by atoms with van der Waals surface area (Å²) in [5.74, 6) is -0.408. The Labute approximate surface area is 142 Å². The van der Waals surface area contributed by atoms with E-state index in [-0.39, 0.29) is 11.7 Å². The Hall–Kier alpha value is -2.67. The zero-order valence-electron chi connectivity index (χ0n) is 12.8. The number of nitrogens with one attached hydrogen (secondary N) is 1. The molecular weight excluding hydrogens is 327 g/mol. The summed E-state index contributed by atoms with van der Waals surface area (Å²) >= 11 is 1.29. The van der Waals surface area contributed by atoms with E-state index in [1.165, 1.54) is 23.5 Å². The predicted molar refractivity (Wildman–Crippen MR) is 90.3 cm³/mol. The fourth-order valence-corrected chi connectivity index (χ4v) is 2.96. The van der Waals surface area contributed by atoms with Gasteiger partial charge in [0.1, 0.15) is 10.8 Å². The Morgan fingerprint density at radius 3 is 2.88 bits per heavy atom. The lowest BCUT2D eigenvalue weighted by Gasteiger charge is -2.01. The molecule has 122 valence electrons. The van der Waals surface area contributed by atoms with Gasteiger partial charge in [-0.25, -0.2) is 4.39 Å². The summed E-state index contributed by atoms with van der Waals surface area (Å²) in [4.78, 5) is 16.1. The van der Waals surface area contributed by atoms with Gasteiger partial charge >= 0.3 is 0 Å². The maximum absolute atomic E-state index is 13.2. The molecule has 1 amide bonds. The number of carbonyl (C=O) groups is 1. The van der Waals surface area contributed by atoms with Crippen LogP contribution in [-0.2, 0) is 17.6 Å². The van der Waals surface area contributed by atoms with Crippen molar-refractivity contribution in [2.24, 2.45) is 0 Å². The second-order valence-corrected chi connectivity index (χ2v) is 6.24. The van der Waals surface area contributed by atoms with Crippen LogP contribution in [0.25, 0.3) is 0 Å². The van der Waals surface area contributed by atoms with Crippen molar-refractivity contribution < 1.29 is 9.18 Å². The number of carbonyl (C=O) groups excluding carboxylic acids is 1. The average Bonchev–Trinajstić information content (AvgIpc) is 3.01. The van der Waals surface area contributed by atoms with Crippen molar-refractivity contribution >= 4 is 22.4 Å². The minimum absolute atomic E-state index is 0.130. The molecule has 0 fully saturated rings. The Balaban J connectivity index is 1.53. The summed E-state index contributed by atoms with van der Waals surface area (Å²) in [6, 6.07) is 12.0. The largest absolute Gasteiger partial charge is 0.301 e. The lowest BCUT2D eigenvalue weighted by Crippen LogP contribution is -2.12. The van der Waals surface area contributed by atoms with Crippen LogP contribution in [0, 0.1) is 5.82 Å². The number of hydrogen-bond donors (Lipinski definition) is 1. The molecule has 3 aromatic rings. The monoisotopic (exact) mass is 342 g/mol. The van der Waals surface area contributed by atoms with E-state index in [4.69, 9.17) is 0 Å². The number of nitrogens with zero attached hydrogens (tertiary/aromatic N) is 3. The zero-order chi connectivity index (χ0) is 16.8. The van der Waals surface area contributed by atoms with E-state index in [9.17, 15) is 9.18 Å². The van der Waals surface area contributed by atoms with Crippen LogP contribution >= 0.6 is 11.3 Å². The highest BCUT2D eigenvalue weighted by Gasteiger charge is 2.09. The van der Waals surface area contributed by atoms with E-state index < -0.39 is 0 Å². The van der Waals surface area contributed by atoms with Crippen LogP contribution in [-0.4, -0.2) is 21.1 Å². The molecule has 0 aliphatic rings. The second-order valence-electron chi connectivity index (χ2n) is 5.18. The second kappa shape index (κ2) is 7.74. The Morgan fingerprint density at radius 1 is 1.17 bits per heavy atom. The molecule has 0 saturated heterocycles. The third-order valence-corrected chi connectivity index (χ3v) is 4.13. The number of amides is 1. The zero-order valence-corrected chi connectivity index (χ0v) is 13.6. The molecule has 0 spiro atoms. The molecule has 2 heterocycles. The normalized spacial score (nSPS) is 10.5. The van der Waals surface area contributed by atoms with E-state index in [0.717, 1.165) is 16.3 Å². The quantitative estimate of drug-likeness (QED) is 0.747. The van der Waals surface area contributed by atoms with Crippen LogP contribution in [0.3, 0.4) is 0 Å². The predicted octanol–water partition coefficient (Wildman–Crippen LogP) is 3.23. The number of rotatable bonds is 6. The smallest absolute Gasteiger partial charge is 0.226 e. The summed E-state index contributed by atoms with van der Waals surface area (Å²) in [6.07, 6.45) is 3.09. The molecule has 0 unspecified atom stereocenters. The van der Waals surface area contributed by atoms with Gasteiger partial charge in [-0.1, -0.05) is 29.5 Å². The molecule has 0 radical (unpaired) electrons. The number of halogens is 1. The van der Waals surface area contributed by atoms with Crippen LogP contribution in [0.4, 0.5) is 9.52 Å². The lowest BCUT2D eigenvalue weighted by molar-refractivity contribution is -0.116. The summed E-state index contributed by atoms with van der Waals surface area (Å²) in [5.41, 5.74) is 1.69. The van der Waals surface area contributed by atoms with Crippen LogP contribution < -0.4 is 5.32 Å². The Kier molecular flexibility index (Phi) is 5.22. The van der Waals surface area contributed by atoms with E-state index in [1.807, 2.05) is 24.3 Å². The van der Waals surface area contributed by atoms with Gasteiger partial charge in [-0.2, -0.15) is 0 Å². The SMILES string of the molecule is O=C(CCc1ccccn1)Nc1nnc(Cc2cccc(F)c2)s1. The molecule has 1 aromatic carbocycles. The molecule has 2 aromatic heterocycles. The third-order valence-electron chi connectivity index (χ3n) is 3.29. The van der Waals surface area contributed by atoms with Crippen LogP contribution in [0.2, 0.25) is 0 Å². The first-order chi connectivity index (χ1) is 11.7. The maximum atomic E-state index is 13.2. The number of hydrogen-bond acceptors (Lipinski definition) is 5. The maximum Gasteiger partial charge on any atom is 0.226 e. The summed E-state index contributed by atoms with van der Waals surface area (Å²) in [6.45, 7) is 0. The van der Waals surface area contributed by atoms with Crippen molar-refractivity contribution in [2.45, 2.75) is 19.3 Å². The van der Waals surface area contributed by atoms with Crippen LogP contribution in [0.15, 0.2) is 48.7 Å². The lowest BCUT2D eigenvalue weighted by atomic mass is 10.1. The number of aromatic nitrogens is 3. The van der Waals surface area contributed by atoms with Crippen molar-refractivity contribution in [2.75, 3.05) is 5.32 Å². The van der Waals surface area contributed by atoms with Crippen molar-refractivity contribution in [1.29, 1.82) is 0 Å². The van der Waals surface area contributed by atoms with Crippen molar-refractivity contribution in [3.63, 3.8) is 0 Å². The van der Waals surface area contributed by atoms with Gasteiger partial charge in [0.15, 0.2) is 0 Å². The first kappa shape index (κ1) is 16.2. The molecule has 0 saturated carbocycles. The molecule has 0 aliphatic carbocycles. The van der Waals surface area contributed by atoms with Gasteiger partial charge in [-0.3, -0.25) is 9.78 Å².